The molecule has 1 rings (SSSR count). The summed E-state index contributed by atoms with van der Waals surface area (Å²) in [6.07, 6.45) is 25.5. The first kappa shape index (κ1) is 11.0. The Balaban J connectivity index is 2.35. The van der Waals surface area contributed by atoms with Crippen LogP contribution in [0.4, 0.5) is 0 Å². The Morgan fingerprint density at radius 3 is 2.36 bits per heavy atom. The molecule has 0 unspecified atom stereocenters. The van der Waals surface area contributed by atoms with Gasteiger partial charge in [-0.1, -0.05) is 48.6 Å². The molecule has 0 aromatic heterocycles. The average molecular weight is 187 g/mol. The second-order valence-electron chi connectivity index (χ2n) is 3.43. The number of hydrogen-bond donors (Lipinski definition) is 0. The molecule has 0 amide bonds. The molecular formula is C14H19. The van der Waals surface area contributed by atoms with Crippen LogP contribution in [0.15, 0.2) is 48.6 Å². The van der Waals surface area contributed by atoms with E-state index in [2.05, 4.69) is 55.0 Å². The zero-order valence-corrected chi connectivity index (χ0v) is 8.73. The predicted molar refractivity (Wildman–Crippen MR) is 63.9 cm³/mol. The van der Waals surface area contributed by atoms with E-state index in [1.807, 2.05) is 0 Å². The largest absolute Gasteiger partial charge is 0.0882 e. The van der Waals surface area contributed by atoms with Crippen LogP contribution in [0.25, 0.3) is 0 Å². The maximum Gasteiger partial charge on any atom is 0.00473 e. The van der Waals surface area contributed by atoms with Crippen molar-refractivity contribution in [2.75, 3.05) is 0 Å². The van der Waals surface area contributed by atoms with Crippen molar-refractivity contribution in [3.63, 3.8) is 0 Å². The van der Waals surface area contributed by atoms with E-state index in [1.165, 1.54) is 25.7 Å². The lowest BCUT2D eigenvalue weighted by Gasteiger charge is -1.93. The van der Waals surface area contributed by atoms with Crippen molar-refractivity contribution in [2.24, 2.45) is 0 Å². The molecule has 0 spiro atoms. The van der Waals surface area contributed by atoms with Gasteiger partial charge in [-0.2, -0.15) is 0 Å². The summed E-state index contributed by atoms with van der Waals surface area (Å²) in [7, 11) is 0. The highest BCUT2D eigenvalue weighted by molar-refractivity contribution is 5.14. The lowest BCUT2D eigenvalue weighted by Crippen LogP contribution is -1.73. The van der Waals surface area contributed by atoms with Crippen molar-refractivity contribution in [3.8, 4) is 0 Å². The van der Waals surface area contributed by atoms with E-state index in [0.717, 1.165) is 6.42 Å². The molecule has 75 valence electrons. The van der Waals surface area contributed by atoms with Gasteiger partial charge >= 0.3 is 0 Å². The molecule has 14 heavy (non-hydrogen) atoms. The molecule has 1 radical (unpaired) electrons. The van der Waals surface area contributed by atoms with Crippen LogP contribution >= 0.6 is 0 Å². The normalized spacial score (nSPS) is 28.6. The van der Waals surface area contributed by atoms with Crippen molar-refractivity contribution >= 4 is 0 Å². The summed E-state index contributed by atoms with van der Waals surface area (Å²) in [5.41, 5.74) is 0. The summed E-state index contributed by atoms with van der Waals surface area (Å²) < 4.78 is 0. The fraction of sp³-hybridized carbons (Fsp3) is 0.357. The van der Waals surface area contributed by atoms with Gasteiger partial charge in [0.15, 0.2) is 0 Å². The first-order chi connectivity index (χ1) is 7.00. The summed E-state index contributed by atoms with van der Waals surface area (Å²) in [5.74, 6) is 0. The molecule has 0 aliphatic heterocycles. The Bertz CT molecular complexity index is 202. The molecule has 0 fully saturated rings. The topological polar surface area (TPSA) is 0 Å². The third-order valence-corrected chi connectivity index (χ3v) is 2.15. The highest BCUT2D eigenvalue weighted by Crippen LogP contribution is 2.03. The summed E-state index contributed by atoms with van der Waals surface area (Å²) in [4.78, 5) is 0. The van der Waals surface area contributed by atoms with Crippen LogP contribution in [-0.2, 0) is 0 Å². The van der Waals surface area contributed by atoms with Crippen molar-refractivity contribution in [1.82, 2.24) is 0 Å². The zero-order valence-electron chi connectivity index (χ0n) is 8.73. The molecule has 0 saturated carbocycles. The molecule has 0 aromatic rings. The van der Waals surface area contributed by atoms with Gasteiger partial charge in [0, 0.05) is 6.42 Å². The fourth-order valence-corrected chi connectivity index (χ4v) is 1.34. The zero-order chi connectivity index (χ0) is 9.90. The molecular weight excluding hydrogens is 168 g/mol. The monoisotopic (exact) mass is 187 g/mol. The summed E-state index contributed by atoms with van der Waals surface area (Å²) in [6, 6.07) is 0. The molecule has 1 aliphatic rings. The molecule has 0 nitrogen and oxygen atoms in total. The van der Waals surface area contributed by atoms with E-state index in [4.69, 9.17) is 0 Å². The number of hydrogen-bond acceptors (Lipinski definition) is 0. The van der Waals surface area contributed by atoms with Crippen LogP contribution in [0, 0.1) is 6.42 Å². The Morgan fingerprint density at radius 1 is 0.571 bits per heavy atom. The molecule has 0 bridgehead atoms. The molecule has 1 aliphatic carbocycles. The fourth-order valence-electron chi connectivity index (χ4n) is 1.34. The van der Waals surface area contributed by atoms with E-state index in [1.54, 1.807) is 0 Å². The van der Waals surface area contributed by atoms with Gasteiger partial charge in [0.1, 0.15) is 0 Å². The number of allylic oxidation sites excluding steroid dienone is 8. The van der Waals surface area contributed by atoms with Gasteiger partial charge in [-0.15, -0.1) is 0 Å². The van der Waals surface area contributed by atoms with Crippen LogP contribution in [0.1, 0.15) is 32.1 Å². The van der Waals surface area contributed by atoms with Gasteiger partial charge in [-0.05, 0) is 32.1 Å². The maximum absolute atomic E-state index is 2.29. The summed E-state index contributed by atoms with van der Waals surface area (Å²) in [5, 5.41) is 0. The third kappa shape index (κ3) is 6.47. The molecule has 0 saturated heterocycles. The standard InChI is InChI=1S/C14H19/c1-2-4-6-8-10-12-14-13-11-9-7-5-3-1/h1-7,10,12H,8-9,11,13-14H2/b2-1+,6-4-,7-5+,12-10-. The Labute approximate surface area is 87.7 Å². The first-order valence-corrected chi connectivity index (χ1v) is 5.47. The highest BCUT2D eigenvalue weighted by atomic mass is 13.9. The molecule has 0 atom stereocenters. The Morgan fingerprint density at radius 2 is 1.43 bits per heavy atom. The minimum absolute atomic E-state index is 1.06. The second kappa shape index (κ2) is 8.55. The second-order valence-corrected chi connectivity index (χ2v) is 3.43. The van der Waals surface area contributed by atoms with Gasteiger partial charge in [0.25, 0.3) is 0 Å². The number of rotatable bonds is 0. The van der Waals surface area contributed by atoms with Crippen LogP contribution in [-0.4, -0.2) is 0 Å². The van der Waals surface area contributed by atoms with Gasteiger partial charge in [0.05, 0.1) is 0 Å². The maximum atomic E-state index is 2.29. The van der Waals surface area contributed by atoms with Crippen molar-refractivity contribution in [2.45, 2.75) is 32.1 Å². The Hall–Kier alpha value is -1.04. The van der Waals surface area contributed by atoms with E-state index in [9.17, 15) is 0 Å². The minimum Gasteiger partial charge on any atom is -0.0882 e. The smallest absolute Gasteiger partial charge is 0.00473 e. The van der Waals surface area contributed by atoms with Crippen LogP contribution < -0.4 is 0 Å². The van der Waals surface area contributed by atoms with E-state index >= 15 is 0 Å². The SMILES string of the molecule is [CH]1/C=C/C=C\C/C=C\CCCC/C=C/1. The van der Waals surface area contributed by atoms with Crippen molar-refractivity contribution < 1.29 is 0 Å². The van der Waals surface area contributed by atoms with Crippen LogP contribution in [0.2, 0.25) is 0 Å². The first-order valence-electron chi connectivity index (χ1n) is 5.47. The lowest BCUT2D eigenvalue weighted by molar-refractivity contribution is 0.761. The Kier molecular flexibility index (Phi) is 6.74. The highest BCUT2D eigenvalue weighted by Gasteiger charge is 1.83. The van der Waals surface area contributed by atoms with Gasteiger partial charge in [-0.3, -0.25) is 0 Å². The van der Waals surface area contributed by atoms with Crippen LogP contribution in [0.5, 0.6) is 0 Å². The van der Waals surface area contributed by atoms with Crippen molar-refractivity contribution in [1.29, 1.82) is 0 Å². The van der Waals surface area contributed by atoms with Crippen LogP contribution in [0.3, 0.4) is 0 Å². The summed E-state index contributed by atoms with van der Waals surface area (Å²) >= 11 is 0. The molecule has 0 heterocycles. The van der Waals surface area contributed by atoms with Crippen molar-refractivity contribution in [3.05, 3.63) is 55.0 Å². The lowest BCUT2D eigenvalue weighted by atomic mass is 10.1. The molecule has 0 aromatic carbocycles. The van der Waals surface area contributed by atoms with Gasteiger partial charge in [-0.25, -0.2) is 0 Å². The van der Waals surface area contributed by atoms with Gasteiger partial charge < -0.3 is 0 Å². The van der Waals surface area contributed by atoms with E-state index in [0.29, 0.717) is 0 Å². The minimum atomic E-state index is 1.06. The summed E-state index contributed by atoms with van der Waals surface area (Å²) in [6.45, 7) is 0. The van der Waals surface area contributed by atoms with Gasteiger partial charge in [0.2, 0.25) is 0 Å². The third-order valence-electron chi connectivity index (χ3n) is 2.15. The molecule has 0 N–H and O–H groups in total. The quantitative estimate of drug-likeness (QED) is 0.494. The van der Waals surface area contributed by atoms with E-state index < -0.39 is 0 Å². The molecule has 0 heteroatoms. The van der Waals surface area contributed by atoms with E-state index in [-0.39, 0.29) is 0 Å². The average Bonchev–Trinajstić information content (AvgIpc) is 2.22. The predicted octanol–water partition coefficient (Wildman–Crippen LogP) is 4.38.